The molecule has 0 saturated carbocycles. The molecule has 0 radical (unpaired) electrons. The molecule has 0 amide bonds. The van der Waals surface area contributed by atoms with E-state index in [-0.39, 0.29) is 11.7 Å². The van der Waals surface area contributed by atoms with Crippen LogP contribution in [-0.4, -0.2) is 30.9 Å². The molecule has 0 spiro atoms. The van der Waals surface area contributed by atoms with E-state index in [0.29, 0.717) is 24.7 Å². The highest BCUT2D eigenvalue weighted by molar-refractivity contribution is 5.91. The third kappa shape index (κ3) is 5.00. The highest BCUT2D eigenvalue weighted by atomic mass is 16.5. The second-order valence-electron chi connectivity index (χ2n) is 5.12. The molecule has 1 N–H and O–H groups in total. The minimum absolute atomic E-state index is 0.0723. The summed E-state index contributed by atoms with van der Waals surface area (Å²) in [5.41, 5.74) is 1.04. The van der Waals surface area contributed by atoms with E-state index in [1.807, 2.05) is 37.3 Å². The molecule has 2 aromatic rings. The second kappa shape index (κ2) is 8.19. The maximum absolute atomic E-state index is 11.4. The summed E-state index contributed by atoms with van der Waals surface area (Å²) in [6.07, 6.45) is -0.169. The van der Waals surface area contributed by atoms with E-state index in [4.69, 9.17) is 14.2 Å². The van der Waals surface area contributed by atoms with Crippen molar-refractivity contribution in [3.8, 4) is 11.5 Å². The lowest BCUT2D eigenvalue weighted by atomic mass is 10.2. The lowest BCUT2D eigenvalue weighted by molar-refractivity contribution is 0.0689. The largest absolute Gasteiger partial charge is 0.488 e. The van der Waals surface area contributed by atoms with Crippen LogP contribution in [0.15, 0.2) is 48.5 Å². The van der Waals surface area contributed by atoms with Gasteiger partial charge in [0.2, 0.25) is 0 Å². The van der Waals surface area contributed by atoms with Gasteiger partial charge in [0.25, 0.3) is 0 Å². The zero-order chi connectivity index (χ0) is 16.7. The van der Waals surface area contributed by atoms with Gasteiger partial charge in [-0.1, -0.05) is 30.3 Å². The second-order valence-corrected chi connectivity index (χ2v) is 5.12. The van der Waals surface area contributed by atoms with E-state index in [1.165, 1.54) is 6.07 Å². The lowest BCUT2D eigenvalue weighted by Crippen LogP contribution is -2.18. The van der Waals surface area contributed by atoms with Crippen LogP contribution in [0.25, 0.3) is 0 Å². The van der Waals surface area contributed by atoms with Gasteiger partial charge >= 0.3 is 5.97 Å². The summed E-state index contributed by atoms with van der Waals surface area (Å²) in [5, 5.41) is 9.36. The van der Waals surface area contributed by atoms with Gasteiger partial charge in [-0.3, -0.25) is 0 Å². The molecule has 0 aliphatic heterocycles. The van der Waals surface area contributed by atoms with Gasteiger partial charge in [0.1, 0.15) is 29.8 Å². The first kappa shape index (κ1) is 16.8. The minimum atomic E-state index is -1.06. The molecular formula is C18H20O5. The fourth-order valence-corrected chi connectivity index (χ4v) is 2.11. The number of hydrogen-bond donors (Lipinski definition) is 1. The van der Waals surface area contributed by atoms with E-state index in [0.717, 1.165) is 5.56 Å². The first-order chi connectivity index (χ1) is 11.1. The molecule has 0 aliphatic carbocycles. The van der Waals surface area contributed by atoms with Crippen molar-refractivity contribution in [3.63, 3.8) is 0 Å². The monoisotopic (exact) mass is 316 g/mol. The van der Waals surface area contributed by atoms with Gasteiger partial charge in [-0.15, -0.1) is 0 Å². The molecule has 122 valence electrons. The van der Waals surface area contributed by atoms with Crippen molar-refractivity contribution in [2.24, 2.45) is 0 Å². The molecule has 0 aromatic heterocycles. The summed E-state index contributed by atoms with van der Waals surface area (Å²) < 4.78 is 16.2. The van der Waals surface area contributed by atoms with Crippen LogP contribution in [0.1, 0.15) is 22.8 Å². The number of carbonyl (C=O) groups is 1. The number of ether oxygens (including phenoxy) is 3. The van der Waals surface area contributed by atoms with Crippen molar-refractivity contribution in [3.05, 3.63) is 59.7 Å². The fourth-order valence-electron chi connectivity index (χ4n) is 2.11. The molecule has 2 rings (SSSR count). The highest BCUT2D eigenvalue weighted by Gasteiger charge is 2.14. The van der Waals surface area contributed by atoms with Gasteiger partial charge in [0.05, 0.1) is 6.61 Å². The first-order valence-corrected chi connectivity index (χ1v) is 7.30. The Bertz CT molecular complexity index is 639. The third-order valence-electron chi connectivity index (χ3n) is 3.16. The molecular weight excluding hydrogens is 296 g/mol. The summed E-state index contributed by atoms with van der Waals surface area (Å²) in [5.74, 6) is -0.273. The maximum atomic E-state index is 11.4. The number of hydrogen-bond acceptors (Lipinski definition) is 4. The van der Waals surface area contributed by atoms with Gasteiger partial charge in [-0.2, -0.15) is 0 Å². The summed E-state index contributed by atoms with van der Waals surface area (Å²) in [6.45, 7) is 2.58. The van der Waals surface area contributed by atoms with Gasteiger partial charge < -0.3 is 19.3 Å². The van der Waals surface area contributed by atoms with Crippen LogP contribution in [0.5, 0.6) is 11.5 Å². The SMILES string of the molecule is COC[C@H](C)Oc1ccc(OCc2ccccc2)c(C(=O)O)c1. The number of carboxylic acid groups (broad SMARTS) is 1. The number of benzene rings is 2. The molecule has 0 bridgehead atoms. The van der Waals surface area contributed by atoms with Crippen LogP contribution in [0, 0.1) is 0 Å². The molecule has 0 unspecified atom stereocenters. The smallest absolute Gasteiger partial charge is 0.339 e. The van der Waals surface area contributed by atoms with Crippen LogP contribution in [0.2, 0.25) is 0 Å². The van der Waals surface area contributed by atoms with Crippen LogP contribution < -0.4 is 9.47 Å². The lowest BCUT2D eigenvalue weighted by Gasteiger charge is -2.15. The summed E-state index contributed by atoms with van der Waals surface area (Å²) in [6, 6.07) is 14.3. The Kier molecular flexibility index (Phi) is 6.00. The molecule has 5 nitrogen and oxygen atoms in total. The third-order valence-corrected chi connectivity index (χ3v) is 3.16. The first-order valence-electron chi connectivity index (χ1n) is 7.30. The number of rotatable bonds is 8. The summed E-state index contributed by atoms with van der Waals surface area (Å²) in [7, 11) is 1.59. The zero-order valence-electron chi connectivity index (χ0n) is 13.2. The topological polar surface area (TPSA) is 65.0 Å². The predicted octanol–water partition coefficient (Wildman–Crippen LogP) is 3.38. The fraction of sp³-hybridized carbons (Fsp3) is 0.278. The average Bonchev–Trinajstić information content (AvgIpc) is 2.54. The van der Waals surface area contributed by atoms with Crippen molar-refractivity contribution in [1.29, 1.82) is 0 Å². The number of carboxylic acids is 1. The van der Waals surface area contributed by atoms with Crippen LogP contribution in [0.4, 0.5) is 0 Å². The van der Waals surface area contributed by atoms with Crippen LogP contribution in [-0.2, 0) is 11.3 Å². The van der Waals surface area contributed by atoms with Crippen molar-refractivity contribution in [2.75, 3.05) is 13.7 Å². The molecule has 2 aromatic carbocycles. The standard InChI is InChI=1S/C18H20O5/c1-13(11-21-2)23-15-8-9-17(16(10-15)18(19)20)22-12-14-6-4-3-5-7-14/h3-10,13H,11-12H2,1-2H3,(H,19,20)/t13-/m0/s1. The minimum Gasteiger partial charge on any atom is -0.488 e. The number of aromatic carboxylic acids is 1. The van der Waals surface area contributed by atoms with Crippen LogP contribution >= 0.6 is 0 Å². The summed E-state index contributed by atoms with van der Waals surface area (Å²) >= 11 is 0. The molecule has 0 fully saturated rings. The Hall–Kier alpha value is -2.53. The molecule has 0 aliphatic rings. The normalized spacial score (nSPS) is 11.7. The van der Waals surface area contributed by atoms with Crippen molar-refractivity contribution < 1.29 is 24.1 Å². The van der Waals surface area contributed by atoms with E-state index in [1.54, 1.807) is 19.2 Å². The van der Waals surface area contributed by atoms with E-state index in [9.17, 15) is 9.90 Å². The summed E-state index contributed by atoms with van der Waals surface area (Å²) in [4.78, 5) is 11.4. The van der Waals surface area contributed by atoms with Crippen LogP contribution in [0.3, 0.4) is 0 Å². The quantitative estimate of drug-likeness (QED) is 0.809. The Morgan fingerprint density at radius 1 is 1.17 bits per heavy atom. The zero-order valence-corrected chi connectivity index (χ0v) is 13.2. The Balaban J connectivity index is 2.11. The Morgan fingerprint density at radius 3 is 2.57 bits per heavy atom. The van der Waals surface area contributed by atoms with Gasteiger partial charge in [0, 0.05) is 7.11 Å². The molecule has 1 atom stereocenters. The van der Waals surface area contributed by atoms with Crippen molar-refractivity contribution >= 4 is 5.97 Å². The van der Waals surface area contributed by atoms with Gasteiger partial charge in [-0.25, -0.2) is 4.79 Å². The van der Waals surface area contributed by atoms with Gasteiger partial charge in [-0.05, 0) is 30.7 Å². The molecule has 0 heterocycles. The Labute approximate surface area is 135 Å². The average molecular weight is 316 g/mol. The Morgan fingerprint density at radius 2 is 1.91 bits per heavy atom. The highest BCUT2D eigenvalue weighted by Crippen LogP contribution is 2.26. The predicted molar refractivity (Wildman–Crippen MR) is 86.1 cm³/mol. The molecule has 0 saturated heterocycles. The van der Waals surface area contributed by atoms with Crippen molar-refractivity contribution in [1.82, 2.24) is 0 Å². The van der Waals surface area contributed by atoms with Gasteiger partial charge in [0.15, 0.2) is 0 Å². The van der Waals surface area contributed by atoms with E-state index in [2.05, 4.69) is 0 Å². The molecule has 5 heteroatoms. The van der Waals surface area contributed by atoms with E-state index >= 15 is 0 Å². The number of methoxy groups -OCH3 is 1. The molecule has 23 heavy (non-hydrogen) atoms. The van der Waals surface area contributed by atoms with Crippen molar-refractivity contribution in [2.45, 2.75) is 19.6 Å². The van der Waals surface area contributed by atoms with E-state index < -0.39 is 5.97 Å². The maximum Gasteiger partial charge on any atom is 0.339 e.